The molecule has 0 saturated carbocycles. The molecule has 0 aliphatic rings. The maximum Gasteiger partial charge on any atom is 0.232 e. The highest BCUT2D eigenvalue weighted by Gasteiger charge is 2.20. The zero-order chi connectivity index (χ0) is 20.6. The molecule has 152 valence electrons. The van der Waals surface area contributed by atoms with Gasteiger partial charge in [0.25, 0.3) is 0 Å². The molecule has 1 amide bonds. The number of hydrogen-bond acceptors (Lipinski definition) is 4. The monoisotopic (exact) mass is 408 g/mol. The third kappa shape index (κ3) is 6.53. The van der Waals surface area contributed by atoms with Crippen LogP contribution in [0.1, 0.15) is 18.4 Å². The largest absolute Gasteiger partial charge is 0.495 e. The highest BCUT2D eigenvalue weighted by molar-refractivity contribution is 7.92. The van der Waals surface area contributed by atoms with E-state index >= 15 is 0 Å². The number of para-hydroxylation sites is 2. The number of benzene rings is 2. The van der Waals surface area contributed by atoms with Crippen LogP contribution in [0.15, 0.2) is 48.5 Å². The van der Waals surface area contributed by atoms with E-state index in [2.05, 4.69) is 5.32 Å². The van der Waals surface area contributed by atoms with E-state index in [4.69, 9.17) is 4.74 Å². The lowest BCUT2D eigenvalue weighted by molar-refractivity contribution is -0.121. The summed E-state index contributed by atoms with van der Waals surface area (Å²) in [5.41, 5.74) is 1.38. The SMILES string of the molecule is COc1ccccc1N(CCCC(=O)NCCc1ccc(F)cc1)S(C)(=O)=O. The molecule has 2 aromatic rings. The fourth-order valence-electron chi connectivity index (χ4n) is 2.77. The summed E-state index contributed by atoms with van der Waals surface area (Å²) in [4.78, 5) is 12.0. The Morgan fingerprint density at radius 2 is 1.82 bits per heavy atom. The van der Waals surface area contributed by atoms with Crippen LogP contribution in [-0.2, 0) is 21.2 Å². The van der Waals surface area contributed by atoms with Gasteiger partial charge in [-0.25, -0.2) is 12.8 Å². The van der Waals surface area contributed by atoms with Crippen LogP contribution in [-0.4, -0.2) is 40.8 Å². The van der Waals surface area contributed by atoms with Crippen molar-refractivity contribution in [1.82, 2.24) is 5.32 Å². The van der Waals surface area contributed by atoms with E-state index in [1.807, 2.05) is 0 Å². The second-order valence-corrected chi connectivity index (χ2v) is 8.24. The van der Waals surface area contributed by atoms with Gasteiger partial charge in [-0.05, 0) is 42.7 Å². The molecule has 0 spiro atoms. The van der Waals surface area contributed by atoms with Gasteiger partial charge in [0.15, 0.2) is 0 Å². The van der Waals surface area contributed by atoms with Gasteiger partial charge in [0.1, 0.15) is 11.6 Å². The van der Waals surface area contributed by atoms with E-state index < -0.39 is 10.0 Å². The third-order valence-corrected chi connectivity index (χ3v) is 5.35. The Balaban J connectivity index is 1.84. The maximum atomic E-state index is 12.9. The summed E-state index contributed by atoms with van der Waals surface area (Å²) >= 11 is 0. The number of ether oxygens (including phenoxy) is 1. The van der Waals surface area contributed by atoms with Gasteiger partial charge in [-0.3, -0.25) is 9.10 Å². The lowest BCUT2D eigenvalue weighted by Gasteiger charge is -2.24. The molecule has 28 heavy (non-hydrogen) atoms. The number of rotatable bonds is 10. The Kier molecular flexibility index (Phi) is 7.80. The van der Waals surface area contributed by atoms with E-state index in [1.165, 1.54) is 23.5 Å². The molecule has 0 bridgehead atoms. The predicted molar refractivity (Wildman–Crippen MR) is 108 cm³/mol. The summed E-state index contributed by atoms with van der Waals surface area (Å²) in [6.45, 7) is 0.608. The average Bonchev–Trinajstić information content (AvgIpc) is 2.66. The molecule has 0 atom stereocenters. The van der Waals surface area contributed by atoms with Gasteiger partial charge in [-0.15, -0.1) is 0 Å². The number of methoxy groups -OCH3 is 1. The predicted octanol–water partition coefficient (Wildman–Crippen LogP) is 2.74. The normalized spacial score (nSPS) is 11.1. The summed E-state index contributed by atoms with van der Waals surface area (Å²) in [6.07, 6.45) is 2.29. The zero-order valence-electron chi connectivity index (χ0n) is 16.0. The minimum Gasteiger partial charge on any atom is -0.495 e. The van der Waals surface area contributed by atoms with Gasteiger partial charge in [0, 0.05) is 19.5 Å². The Labute approximate surface area is 165 Å². The second kappa shape index (κ2) is 10.1. The molecule has 0 unspecified atom stereocenters. The first kappa shape index (κ1) is 21.7. The highest BCUT2D eigenvalue weighted by Crippen LogP contribution is 2.29. The molecule has 0 aliphatic carbocycles. The van der Waals surface area contributed by atoms with Crippen molar-refractivity contribution >= 4 is 21.6 Å². The molecule has 8 heteroatoms. The minimum atomic E-state index is -3.51. The van der Waals surface area contributed by atoms with E-state index in [1.54, 1.807) is 36.4 Å². The van der Waals surface area contributed by atoms with E-state index in [0.29, 0.717) is 30.8 Å². The van der Waals surface area contributed by atoms with Crippen molar-refractivity contribution in [3.63, 3.8) is 0 Å². The van der Waals surface area contributed by atoms with E-state index in [9.17, 15) is 17.6 Å². The summed E-state index contributed by atoms with van der Waals surface area (Å²) in [5.74, 6) is 0.00512. The first-order valence-corrected chi connectivity index (χ1v) is 10.8. The smallest absolute Gasteiger partial charge is 0.232 e. The van der Waals surface area contributed by atoms with Gasteiger partial charge in [0.05, 0.1) is 19.1 Å². The van der Waals surface area contributed by atoms with Gasteiger partial charge >= 0.3 is 0 Å². The molecule has 0 aromatic heterocycles. The Morgan fingerprint density at radius 1 is 1.14 bits per heavy atom. The van der Waals surface area contributed by atoms with Crippen molar-refractivity contribution in [3.8, 4) is 5.75 Å². The lowest BCUT2D eigenvalue weighted by Crippen LogP contribution is -2.32. The summed E-state index contributed by atoms with van der Waals surface area (Å²) < 4.78 is 43.7. The fraction of sp³-hybridized carbons (Fsp3) is 0.350. The van der Waals surface area contributed by atoms with Gasteiger partial charge < -0.3 is 10.1 Å². The third-order valence-electron chi connectivity index (χ3n) is 4.17. The summed E-state index contributed by atoms with van der Waals surface area (Å²) in [6, 6.07) is 13.0. The van der Waals surface area contributed by atoms with Crippen molar-refractivity contribution in [2.45, 2.75) is 19.3 Å². The fourth-order valence-corrected chi connectivity index (χ4v) is 3.74. The second-order valence-electron chi connectivity index (χ2n) is 6.34. The van der Waals surface area contributed by atoms with E-state index in [0.717, 1.165) is 11.8 Å². The van der Waals surface area contributed by atoms with Crippen LogP contribution < -0.4 is 14.4 Å². The summed E-state index contributed by atoms with van der Waals surface area (Å²) in [5, 5.41) is 2.80. The molecule has 0 radical (unpaired) electrons. The first-order valence-electron chi connectivity index (χ1n) is 8.93. The van der Waals surface area contributed by atoms with Gasteiger partial charge in [-0.2, -0.15) is 0 Å². The van der Waals surface area contributed by atoms with Crippen molar-refractivity contribution < 1.29 is 22.3 Å². The van der Waals surface area contributed by atoms with Gasteiger partial charge in [0.2, 0.25) is 15.9 Å². The van der Waals surface area contributed by atoms with Crippen LogP contribution in [0.2, 0.25) is 0 Å². The van der Waals surface area contributed by atoms with Crippen LogP contribution in [0.5, 0.6) is 5.75 Å². The molecule has 0 aliphatic heterocycles. The van der Waals surface area contributed by atoms with Gasteiger partial charge in [-0.1, -0.05) is 24.3 Å². The standard InChI is InChI=1S/C20H25FN2O4S/c1-27-19-7-4-3-6-18(19)23(28(2,25)26)15-5-8-20(24)22-14-13-16-9-11-17(21)12-10-16/h3-4,6-7,9-12H,5,8,13-15H2,1-2H3,(H,22,24). The van der Waals surface area contributed by atoms with Crippen molar-refractivity contribution in [3.05, 3.63) is 59.9 Å². The molecule has 6 nitrogen and oxygen atoms in total. The first-order chi connectivity index (χ1) is 13.3. The van der Waals surface area contributed by atoms with E-state index in [-0.39, 0.29) is 24.7 Å². The highest BCUT2D eigenvalue weighted by atomic mass is 32.2. The molecule has 2 rings (SSSR count). The Bertz CT molecular complexity index is 885. The Morgan fingerprint density at radius 3 is 2.46 bits per heavy atom. The zero-order valence-corrected chi connectivity index (χ0v) is 16.8. The molecule has 2 aromatic carbocycles. The lowest BCUT2D eigenvalue weighted by atomic mass is 10.1. The van der Waals surface area contributed by atoms with Crippen molar-refractivity contribution in [2.24, 2.45) is 0 Å². The summed E-state index contributed by atoms with van der Waals surface area (Å²) in [7, 11) is -2.03. The average molecular weight is 408 g/mol. The van der Waals surface area contributed by atoms with Crippen LogP contribution in [0.4, 0.5) is 10.1 Å². The number of anilines is 1. The van der Waals surface area contributed by atoms with Crippen LogP contribution in [0, 0.1) is 5.82 Å². The molecule has 0 fully saturated rings. The Hall–Kier alpha value is -2.61. The number of carbonyl (C=O) groups is 1. The topological polar surface area (TPSA) is 75.7 Å². The molecule has 0 heterocycles. The molecule has 1 N–H and O–H groups in total. The molecular weight excluding hydrogens is 383 g/mol. The maximum absolute atomic E-state index is 12.9. The number of sulfonamides is 1. The molecule has 0 saturated heterocycles. The molecular formula is C20H25FN2O4S. The van der Waals surface area contributed by atoms with Crippen molar-refractivity contribution in [2.75, 3.05) is 30.8 Å². The van der Waals surface area contributed by atoms with Crippen LogP contribution in [0.25, 0.3) is 0 Å². The van der Waals surface area contributed by atoms with Crippen LogP contribution in [0.3, 0.4) is 0 Å². The number of amides is 1. The van der Waals surface area contributed by atoms with Crippen LogP contribution >= 0.6 is 0 Å². The number of nitrogens with one attached hydrogen (secondary N) is 1. The number of halogens is 1. The van der Waals surface area contributed by atoms with Crippen molar-refractivity contribution in [1.29, 1.82) is 0 Å². The quantitative estimate of drug-likeness (QED) is 0.656. The number of carbonyl (C=O) groups excluding carboxylic acids is 1. The minimum absolute atomic E-state index is 0.157. The number of nitrogens with zero attached hydrogens (tertiary/aromatic N) is 1. The number of hydrogen-bond donors (Lipinski definition) is 1.